The Balaban J connectivity index is 1.23. The number of rotatable bonds is 7. The number of piperazine rings is 1. The first-order valence-electron chi connectivity index (χ1n) is 11.7. The summed E-state index contributed by atoms with van der Waals surface area (Å²) in [6.07, 6.45) is 5.52. The van der Waals surface area contributed by atoms with E-state index in [1.807, 2.05) is 0 Å². The van der Waals surface area contributed by atoms with Crippen molar-refractivity contribution in [2.45, 2.75) is 31.4 Å². The van der Waals surface area contributed by atoms with E-state index in [9.17, 15) is 14.7 Å². The Hall–Kier alpha value is -1.64. The van der Waals surface area contributed by atoms with Crippen LogP contribution in [0.4, 0.5) is 0 Å². The lowest BCUT2D eigenvalue weighted by molar-refractivity contribution is -0.132. The Kier molecular flexibility index (Phi) is 8.30. The average molecular weight is 495 g/mol. The largest absolute Gasteiger partial charge is 0.390 e. The van der Waals surface area contributed by atoms with E-state index < -0.39 is 6.10 Å². The third-order valence-corrected chi connectivity index (χ3v) is 7.37. The Morgan fingerprint density at radius 3 is 2.48 bits per heavy atom. The van der Waals surface area contributed by atoms with E-state index in [4.69, 9.17) is 23.2 Å². The van der Waals surface area contributed by atoms with E-state index in [1.165, 1.54) is 18.9 Å². The zero-order chi connectivity index (χ0) is 23.4. The number of amides is 2. The first-order valence-corrected chi connectivity index (χ1v) is 12.5. The van der Waals surface area contributed by atoms with Gasteiger partial charge < -0.3 is 14.9 Å². The molecule has 33 heavy (non-hydrogen) atoms. The minimum atomic E-state index is -0.585. The fourth-order valence-electron chi connectivity index (χ4n) is 4.53. The van der Waals surface area contributed by atoms with Crippen molar-refractivity contribution in [2.75, 3.05) is 58.9 Å². The Morgan fingerprint density at radius 2 is 1.79 bits per heavy atom. The van der Waals surface area contributed by atoms with Gasteiger partial charge in [-0.1, -0.05) is 29.3 Å². The third-order valence-electron chi connectivity index (χ3n) is 6.63. The highest BCUT2D eigenvalue weighted by Crippen LogP contribution is 2.27. The summed E-state index contributed by atoms with van der Waals surface area (Å²) in [4.78, 5) is 33.4. The molecular weight excluding hydrogens is 463 g/mol. The second kappa shape index (κ2) is 11.2. The van der Waals surface area contributed by atoms with Crippen molar-refractivity contribution in [3.63, 3.8) is 0 Å². The maximum Gasteiger partial charge on any atom is 0.246 e. The number of aliphatic hydroxyl groups excluding tert-OH is 1. The van der Waals surface area contributed by atoms with E-state index in [2.05, 4.69) is 9.80 Å². The van der Waals surface area contributed by atoms with Crippen molar-refractivity contribution in [3.8, 4) is 0 Å². The van der Waals surface area contributed by atoms with Crippen LogP contribution in [0.2, 0.25) is 10.0 Å². The highest BCUT2D eigenvalue weighted by molar-refractivity contribution is 6.42. The highest BCUT2D eigenvalue weighted by Gasteiger charge is 2.32. The quantitative estimate of drug-likeness (QED) is 0.588. The summed E-state index contributed by atoms with van der Waals surface area (Å²) in [6.45, 7) is 6.20. The molecule has 180 valence electrons. The molecule has 0 bridgehead atoms. The summed E-state index contributed by atoms with van der Waals surface area (Å²) in [5.74, 6) is -0.166. The van der Waals surface area contributed by atoms with E-state index >= 15 is 0 Å². The van der Waals surface area contributed by atoms with Crippen LogP contribution in [0.25, 0.3) is 6.08 Å². The van der Waals surface area contributed by atoms with E-state index in [-0.39, 0.29) is 18.2 Å². The van der Waals surface area contributed by atoms with Crippen LogP contribution in [0.1, 0.15) is 24.8 Å². The molecule has 1 saturated carbocycles. The molecule has 0 aromatic heterocycles. The van der Waals surface area contributed by atoms with Gasteiger partial charge in [0.25, 0.3) is 0 Å². The molecule has 3 fully saturated rings. The van der Waals surface area contributed by atoms with Gasteiger partial charge in [0.2, 0.25) is 11.8 Å². The molecule has 7 nitrogen and oxygen atoms in total. The molecule has 1 N–H and O–H groups in total. The predicted molar refractivity (Wildman–Crippen MR) is 130 cm³/mol. The first kappa shape index (κ1) is 24.5. The molecular formula is C24H32Cl2N4O3. The number of β-amino-alcohol motifs (C(OH)–C–C–N with tert-alkyl or cyclic N) is 1. The van der Waals surface area contributed by atoms with E-state index in [0.29, 0.717) is 42.8 Å². The SMILES string of the molecule is O=C(/C=C/c1ccc(Cl)c(Cl)c1)N1CCC(=O)N(CC(O)CN2CCN(C3CC3)CC2)CC1. The second-order valence-electron chi connectivity index (χ2n) is 9.14. The van der Waals surface area contributed by atoms with Crippen LogP contribution in [0, 0.1) is 0 Å². The number of carbonyl (C=O) groups excluding carboxylic acids is 2. The van der Waals surface area contributed by atoms with Crippen LogP contribution < -0.4 is 0 Å². The molecule has 3 aliphatic rings. The van der Waals surface area contributed by atoms with Crippen molar-refractivity contribution < 1.29 is 14.7 Å². The molecule has 2 amide bonds. The molecule has 4 rings (SSSR count). The number of hydrogen-bond acceptors (Lipinski definition) is 5. The lowest BCUT2D eigenvalue weighted by atomic mass is 10.2. The van der Waals surface area contributed by atoms with Gasteiger partial charge in [-0.3, -0.25) is 19.4 Å². The second-order valence-corrected chi connectivity index (χ2v) is 9.96. The summed E-state index contributed by atoms with van der Waals surface area (Å²) in [5, 5.41) is 11.5. The first-order chi connectivity index (χ1) is 15.9. The number of aliphatic hydroxyl groups is 1. The molecule has 1 aliphatic carbocycles. The fourth-order valence-corrected chi connectivity index (χ4v) is 4.84. The molecule has 2 aliphatic heterocycles. The number of carbonyl (C=O) groups is 2. The summed E-state index contributed by atoms with van der Waals surface area (Å²) in [5.41, 5.74) is 0.784. The molecule has 9 heteroatoms. The van der Waals surface area contributed by atoms with Crippen molar-refractivity contribution in [2.24, 2.45) is 0 Å². The summed E-state index contributed by atoms with van der Waals surface area (Å²) < 4.78 is 0. The maximum atomic E-state index is 12.6. The Labute approximate surface area is 205 Å². The molecule has 0 spiro atoms. The van der Waals surface area contributed by atoms with Crippen molar-refractivity contribution in [3.05, 3.63) is 39.9 Å². The number of benzene rings is 1. The van der Waals surface area contributed by atoms with Crippen molar-refractivity contribution in [1.82, 2.24) is 19.6 Å². The third kappa shape index (κ3) is 6.93. The van der Waals surface area contributed by atoms with Gasteiger partial charge in [-0.05, 0) is 36.6 Å². The van der Waals surface area contributed by atoms with Crippen LogP contribution in [-0.4, -0.2) is 108 Å². The minimum Gasteiger partial charge on any atom is -0.390 e. The van der Waals surface area contributed by atoms with Crippen LogP contribution in [-0.2, 0) is 9.59 Å². The van der Waals surface area contributed by atoms with Crippen molar-refractivity contribution >= 4 is 41.1 Å². The van der Waals surface area contributed by atoms with Gasteiger partial charge in [0.1, 0.15) is 0 Å². The van der Waals surface area contributed by atoms with Crippen LogP contribution in [0.5, 0.6) is 0 Å². The van der Waals surface area contributed by atoms with Gasteiger partial charge in [-0.15, -0.1) is 0 Å². The summed E-state index contributed by atoms with van der Waals surface area (Å²) in [6, 6.07) is 5.97. The molecule has 2 saturated heterocycles. The number of hydrogen-bond donors (Lipinski definition) is 1. The standard InChI is InChI=1S/C24H32Cl2N4O3/c25-21-5-1-18(15-22(21)26)2-6-23(32)29-8-7-24(33)30(14-13-29)17-20(31)16-27-9-11-28(12-10-27)19-3-4-19/h1-2,5-6,15,19-20,31H,3-4,7-14,16-17H2/b6-2+. The van der Waals surface area contributed by atoms with Gasteiger partial charge in [-0.25, -0.2) is 0 Å². The topological polar surface area (TPSA) is 67.3 Å². The van der Waals surface area contributed by atoms with Gasteiger partial charge in [0.05, 0.1) is 16.1 Å². The lowest BCUT2D eigenvalue weighted by Crippen LogP contribution is -2.51. The lowest BCUT2D eigenvalue weighted by Gasteiger charge is -2.36. The smallest absolute Gasteiger partial charge is 0.246 e. The average Bonchev–Trinajstić information content (AvgIpc) is 3.65. The van der Waals surface area contributed by atoms with Gasteiger partial charge in [-0.2, -0.15) is 0 Å². The molecule has 2 heterocycles. The van der Waals surface area contributed by atoms with Gasteiger partial charge in [0.15, 0.2) is 0 Å². The van der Waals surface area contributed by atoms with E-state index in [0.717, 1.165) is 37.8 Å². The van der Waals surface area contributed by atoms with Crippen LogP contribution in [0.3, 0.4) is 0 Å². The number of halogens is 2. The van der Waals surface area contributed by atoms with Crippen LogP contribution in [0.15, 0.2) is 24.3 Å². The summed E-state index contributed by atoms with van der Waals surface area (Å²) in [7, 11) is 0. The normalized spacial score (nSPS) is 22.1. The zero-order valence-electron chi connectivity index (χ0n) is 18.8. The highest BCUT2D eigenvalue weighted by atomic mass is 35.5. The molecule has 1 atom stereocenters. The minimum absolute atomic E-state index is 0.0173. The zero-order valence-corrected chi connectivity index (χ0v) is 20.3. The van der Waals surface area contributed by atoms with E-state index in [1.54, 1.807) is 34.1 Å². The Morgan fingerprint density at radius 1 is 1.03 bits per heavy atom. The molecule has 1 aromatic carbocycles. The Bertz CT molecular complexity index is 884. The molecule has 1 aromatic rings. The molecule has 0 radical (unpaired) electrons. The number of nitrogens with zero attached hydrogens (tertiary/aromatic N) is 4. The maximum absolute atomic E-state index is 12.6. The monoisotopic (exact) mass is 494 g/mol. The van der Waals surface area contributed by atoms with Crippen LogP contribution >= 0.6 is 23.2 Å². The molecule has 1 unspecified atom stereocenters. The fraction of sp³-hybridized carbons (Fsp3) is 0.583. The van der Waals surface area contributed by atoms with Crippen molar-refractivity contribution in [1.29, 1.82) is 0 Å². The predicted octanol–water partition coefficient (Wildman–Crippen LogP) is 2.21. The summed E-state index contributed by atoms with van der Waals surface area (Å²) >= 11 is 12.0. The van der Waals surface area contributed by atoms with Gasteiger partial charge in [0, 0.05) is 77.4 Å². The van der Waals surface area contributed by atoms with Gasteiger partial charge >= 0.3 is 0 Å².